The summed E-state index contributed by atoms with van der Waals surface area (Å²) < 4.78 is 12.7. The Kier molecular flexibility index (Phi) is 21.1. The molecule has 125 heavy (non-hydrogen) atoms. The molecule has 0 bridgehead atoms. The first kappa shape index (κ1) is 79.7. The van der Waals surface area contributed by atoms with Gasteiger partial charge in [0.1, 0.15) is 0 Å². The Labute approximate surface area is 756 Å². The number of fused-ring (bicyclic) bond motifs is 12. The molecule has 16 aromatic carbocycles. The number of pyridine rings is 2. The minimum Gasteiger partial charge on any atom is -0.399 e. The van der Waals surface area contributed by atoms with Crippen LogP contribution in [0.2, 0.25) is 5.28 Å². The monoisotopic (exact) mass is 1700 g/mol. The Morgan fingerprint density at radius 2 is 0.504 bits per heavy atom. The molecule has 1 saturated heterocycles. The van der Waals surface area contributed by atoms with E-state index in [1.54, 1.807) is 0 Å². The zero-order valence-corrected chi connectivity index (χ0v) is 72.8. The third kappa shape index (κ3) is 14.2. The summed E-state index contributed by atoms with van der Waals surface area (Å²) in [4.78, 5) is 38.4. The van der Waals surface area contributed by atoms with Gasteiger partial charge >= 0.3 is 7.12 Å². The zero-order chi connectivity index (χ0) is 83.5. The van der Waals surface area contributed by atoms with Crippen LogP contribution in [0.1, 0.15) is 72.2 Å². The average molecular weight is 1710 g/mol. The van der Waals surface area contributed by atoms with Crippen LogP contribution in [0.25, 0.3) is 145 Å². The summed E-state index contributed by atoms with van der Waals surface area (Å²) in [6, 6.07) is 145. The van der Waals surface area contributed by atoms with Crippen molar-refractivity contribution >= 4 is 67.5 Å². The second-order valence-electron chi connectivity index (χ2n) is 32.7. The molecule has 0 saturated carbocycles. The number of rotatable bonds is 12. The van der Waals surface area contributed by atoms with Gasteiger partial charge in [-0.1, -0.05) is 376 Å². The van der Waals surface area contributed by atoms with Crippen LogP contribution in [0, 0.1) is 0 Å². The number of aromatic nitrogens is 8. The second kappa shape index (κ2) is 33.2. The van der Waals surface area contributed by atoms with Crippen LogP contribution >= 0.6 is 11.6 Å². The molecule has 1 aliphatic heterocycles. The summed E-state index contributed by atoms with van der Waals surface area (Å²) in [7, 11) is -0.408. The van der Waals surface area contributed by atoms with Gasteiger partial charge in [0.15, 0.2) is 29.1 Å². The molecule has 3 aliphatic rings. The molecule has 0 atom stereocenters. The van der Waals surface area contributed by atoms with E-state index in [4.69, 9.17) is 45.8 Å². The topological polar surface area (TPSA) is 122 Å². The summed E-state index contributed by atoms with van der Waals surface area (Å²) in [6.07, 6.45) is 0. The second-order valence-corrected chi connectivity index (χ2v) is 33.0. The van der Waals surface area contributed by atoms with Crippen LogP contribution in [-0.4, -0.2) is 58.2 Å². The predicted octanol–water partition coefficient (Wildman–Crippen LogP) is 26.2. The van der Waals surface area contributed by atoms with Crippen LogP contribution in [-0.2, 0) is 52.8 Å². The molecular weight excluding hydrogens is 1620 g/mol. The molecule has 5 heterocycles. The number of hydrogen-bond donors (Lipinski definition) is 0. The van der Waals surface area contributed by atoms with Gasteiger partial charge in [0, 0.05) is 93.2 Å². The minimum atomic E-state index is -0.490. The molecule has 0 N–H and O–H groups in total. The number of halogens is 1. The van der Waals surface area contributed by atoms with Crippen molar-refractivity contribution in [3.63, 3.8) is 0 Å². The van der Waals surface area contributed by atoms with E-state index in [0.717, 1.165) is 88.4 Å². The van der Waals surface area contributed by atoms with Crippen molar-refractivity contribution in [2.45, 2.75) is 49.7 Å². The van der Waals surface area contributed by atoms with Gasteiger partial charge in [0.2, 0.25) is 5.28 Å². The standard InChI is InChI=1S/C53H34N4.C44H36BNO2.C15H10ClN3.Y/c1-5-17-36(18-6-1)50-55-51(37-19-7-2-8-20-37)57-52(56-50)38-31-29-35(30-32-38)49-45-33-44-41-25-13-15-27-46(41)53(39-21-9-3-10-22-39,40-23-11-4-12-24-40)47(44)34-43(45)42-26-14-16-28-48(42)54-49;1-42(2)43(3,4)48-45(47-42)32-25-23-29(24-26-32)41-37-27-36-33-19-11-13-21-38(33)44(30-15-7-5-8-16-30,31-17-9-6-10-18-31)39(36)28-35(37)34-20-12-14-22-40(34)46-41;16-15-18-13(11-7-3-1-4-8-11)17-14(19-15)12-9-5-2-6-10-12;/h1-34H;5-28H,1-4H3;1-10H;. The molecule has 23 rings (SSSR count). The van der Waals surface area contributed by atoms with Crippen molar-refractivity contribution in [1.82, 2.24) is 39.9 Å². The summed E-state index contributed by atoms with van der Waals surface area (Å²) in [5.41, 5.74) is 25.0. The van der Waals surface area contributed by atoms with Crippen LogP contribution in [0.3, 0.4) is 0 Å². The van der Waals surface area contributed by atoms with Gasteiger partial charge in [-0.3, -0.25) is 0 Å². The maximum absolute atomic E-state index is 6.36. The maximum Gasteiger partial charge on any atom is 0.494 e. The molecule has 0 unspecified atom stereocenters. The zero-order valence-electron chi connectivity index (χ0n) is 69.2. The van der Waals surface area contributed by atoms with E-state index in [9.17, 15) is 0 Å². The van der Waals surface area contributed by atoms with Gasteiger partial charge < -0.3 is 9.31 Å². The van der Waals surface area contributed by atoms with Gasteiger partial charge in [0.25, 0.3) is 0 Å². The van der Waals surface area contributed by atoms with E-state index in [1.165, 1.54) is 77.5 Å². The molecule has 13 heteroatoms. The van der Waals surface area contributed by atoms with E-state index in [1.807, 2.05) is 121 Å². The molecular formula is C112H80BClN8O2Y. The fourth-order valence-electron chi connectivity index (χ4n) is 18.5. The molecule has 4 aromatic heterocycles. The minimum absolute atomic E-state index is 0. The fraction of sp³-hybridized carbons (Fsp3) is 0.0714. The smallest absolute Gasteiger partial charge is 0.399 e. The molecule has 1 fully saturated rings. The van der Waals surface area contributed by atoms with Crippen LogP contribution in [0.15, 0.2) is 413 Å². The molecule has 0 amide bonds. The van der Waals surface area contributed by atoms with Gasteiger partial charge in [-0.25, -0.2) is 29.9 Å². The van der Waals surface area contributed by atoms with Crippen LogP contribution in [0.5, 0.6) is 0 Å². The van der Waals surface area contributed by atoms with Crippen molar-refractivity contribution in [1.29, 1.82) is 0 Å². The van der Waals surface area contributed by atoms with E-state index in [-0.39, 0.29) is 38.0 Å². The first-order chi connectivity index (χ1) is 60.9. The predicted molar refractivity (Wildman–Crippen MR) is 505 cm³/mol. The summed E-state index contributed by atoms with van der Waals surface area (Å²) in [6.45, 7) is 8.36. The molecule has 1 radical (unpaired) electrons. The molecule has 20 aromatic rings. The van der Waals surface area contributed by atoms with E-state index < -0.39 is 29.2 Å². The van der Waals surface area contributed by atoms with E-state index >= 15 is 0 Å². The van der Waals surface area contributed by atoms with Crippen molar-refractivity contribution in [2.75, 3.05) is 0 Å². The van der Waals surface area contributed by atoms with Crippen LogP contribution < -0.4 is 5.46 Å². The molecule has 593 valence electrons. The Hall–Kier alpha value is -13.7. The van der Waals surface area contributed by atoms with Gasteiger partial charge in [-0.15, -0.1) is 0 Å². The van der Waals surface area contributed by atoms with Crippen LogP contribution in [0.4, 0.5) is 0 Å². The quantitative estimate of drug-likeness (QED) is 0.0863. The number of para-hydroxylation sites is 2. The van der Waals surface area contributed by atoms with Gasteiger partial charge in [-0.05, 0) is 159 Å². The number of nitrogens with zero attached hydrogens (tertiary/aromatic N) is 8. The molecule has 0 spiro atoms. The first-order valence-corrected chi connectivity index (χ1v) is 42.4. The molecule has 2 aliphatic carbocycles. The summed E-state index contributed by atoms with van der Waals surface area (Å²) in [5, 5.41) is 7.13. The largest absolute Gasteiger partial charge is 0.494 e. The van der Waals surface area contributed by atoms with Gasteiger partial charge in [-0.2, -0.15) is 9.97 Å². The summed E-state index contributed by atoms with van der Waals surface area (Å²) >= 11 is 5.99. The van der Waals surface area contributed by atoms with E-state index in [0.29, 0.717) is 29.1 Å². The van der Waals surface area contributed by atoms with E-state index in [2.05, 4.69) is 334 Å². The fourth-order valence-corrected chi connectivity index (χ4v) is 18.6. The van der Waals surface area contributed by atoms with Crippen molar-refractivity contribution in [3.05, 3.63) is 462 Å². The third-order valence-corrected chi connectivity index (χ3v) is 25.2. The first-order valence-electron chi connectivity index (χ1n) is 42.0. The Balaban J connectivity index is 0.000000131. The Bertz CT molecular complexity index is 7210. The number of benzene rings is 16. The Morgan fingerprint density at radius 3 is 0.848 bits per heavy atom. The van der Waals surface area contributed by atoms with Crippen molar-refractivity contribution in [2.24, 2.45) is 0 Å². The van der Waals surface area contributed by atoms with Crippen molar-refractivity contribution in [3.8, 4) is 102 Å². The summed E-state index contributed by atoms with van der Waals surface area (Å²) in [5.74, 6) is 3.07. The van der Waals surface area contributed by atoms with Crippen molar-refractivity contribution < 1.29 is 42.0 Å². The normalized spacial score (nSPS) is 13.9. The molecule has 10 nitrogen and oxygen atoms in total. The third-order valence-electron chi connectivity index (χ3n) is 25.1. The average Bonchev–Trinajstić information content (AvgIpc) is 1.54. The number of hydrogen-bond acceptors (Lipinski definition) is 10. The maximum atomic E-state index is 6.36. The SMILES string of the molecule is CC1(C)OB(c2ccc(-c3nc4ccccc4c4cc5c(cc34)-c3ccccc3C5(c3ccccc3)c3ccccc3)cc2)OC1(C)C.Clc1nc(-c2ccccc2)nc(-c2ccccc2)n1.[Y].c1ccc(-c2nc(-c3ccccc3)nc(-c3ccc(-c4nc5ccccc5c5cc6c(cc45)-c4ccccc4C6(c4ccccc4)c4ccccc4)cc3)n2)cc1. The Morgan fingerprint density at radius 1 is 0.232 bits per heavy atom. The van der Waals surface area contributed by atoms with Gasteiger partial charge in [0.05, 0.1) is 44.5 Å².